The van der Waals surface area contributed by atoms with Crippen molar-refractivity contribution in [1.82, 2.24) is 15.1 Å². The van der Waals surface area contributed by atoms with Crippen LogP contribution in [0.4, 0.5) is 5.82 Å². The van der Waals surface area contributed by atoms with Crippen molar-refractivity contribution in [3.63, 3.8) is 0 Å². The Morgan fingerprint density at radius 2 is 1.96 bits per heavy atom. The first-order chi connectivity index (χ1) is 10.6. The number of nitrogens with two attached hydrogens (primary N) is 2. The Bertz CT molecular complexity index is 618. The highest BCUT2D eigenvalue weighted by Gasteiger charge is 2.10. The quantitative estimate of drug-likeness (QED) is 0.646. The Morgan fingerprint density at radius 3 is 2.58 bits per heavy atom. The highest BCUT2D eigenvalue weighted by Crippen LogP contribution is 2.14. The molecule has 1 atom stereocenters. The van der Waals surface area contributed by atoms with Crippen LogP contribution in [0.1, 0.15) is 25.5 Å². The van der Waals surface area contributed by atoms with Gasteiger partial charge in [0.2, 0.25) is 5.91 Å². The number of aromatic nitrogens is 2. The minimum absolute atomic E-state index is 0. The molecule has 0 saturated heterocycles. The van der Waals surface area contributed by atoms with E-state index in [-0.39, 0.29) is 30.7 Å². The predicted octanol–water partition coefficient (Wildman–Crippen LogP) is 2.08. The third-order valence-electron chi connectivity index (χ3n) is 3.47. The van der Waals surface area contributed by atoms with Crippen molar-refractivity contribution in [3.05, 3.63) is 42.1 Å². The first-order valence-corrected chi connectivity index (χ1v) is 7.55. The van der Waals surface area contributed by atoms with Gasteiger partial charge in [-0.1, -0.05) is 25.1 Å². The number of amides is 1. The van der Waals surface area contributed by atoms with Gasteiger partial charge >= 0.3 is 0 Å². The summed E-state index contributed by atoms with van der Waals surface area (Å²) in [5.74, 6) is 0.509. The molecule has 134 valence electrons. The number of para-hydroxylation sites is 1. The summed E-state index contributed by atoms with van der Waals surface area (Å²) in [5.41, 5.74) is 13.5. The number of halogens is 2. The molecule has 2 rings (SSSR count). The van der Waals surface area contributed by atoms with E-state index in [4.69, 9.17) is 11.5 Å². The van der Waals surface area contributed by atoms with Crippen molar-refractivity contribution < 1.29 is 4.79 Å². The smallest absolute Gasteiger partial charge is 0.236 e. The molecule has 6 nitrogen and oxygen atoms in total. The Morgan fingerprint density at radius 1 is 1.29 bits per heavy atom. The number of hydrogen-bond donors (Lipinski definition) is 3. The molecule has 0 unspecified atom stereocenters. The normalized spacial score (nSPS) is 11.1. The van der Waals surface area contributed by atoms with Gasteiger partial charge in [-0.05, 0) is 31.4 Å². The van der Waals surface area contributed by atoms with Crippen LogP contribution in [0.2, 0.25) is 0 Å². The van der Waals surface area contributed by atoms with Gasteiger partial charge in [-0.2, -0.15) is 5.10 Å². The lowest BCUT2D eigenvalue weighted by Crippen LogP contribution is -2.40. The van der Waals surface area contributed by atoms with E-state index in [2.05, 4.69) is 10.4 Å². The summed E-state index contributed by atoms with van der Waals surface area (Å²) in [6.07, 6.45) is 2.20. The van der Waals surface area contributed by atoms with Crippen LogP contribution >= 0.6 is 24.8 Å². The van der Waals surface area contributed by atoms with Gasteiger partial charge in [0.1, 0.15) is 5.82 Å². The van der Waals surface area contributed by atoms with Gasteiger partial charge in [0, 0.05) is 12.6 Å². The summed E-state index contributed by atoms with van der Waals surface area (Å²) in [6.45, 7) is 2.48. The molecule has 0 aliphatic carbocycles. The van der Waals surface area contributed by atoms with Crippen molar-refractivity contribution in [3.8, 4) is 5.69 Å². The largest absolute Gasteiger partial charge is 0.384 e. The van der Waals surface area contributed by atoms with Gasteiger partial charge in [-0.15, -0.1) is 24.8 Å². The molecule has 0 aliphatic rings. The van der Waals surface area contributed by atoms with E-state index < -0.39 is 6.04 Å². The first-order valence-electron chi connectivity index (χ1n) is 7.55. The molecule has 0 aliphatic heterocycles. The second-order valence-corrected chi connectivity index (χ2v) is 5.22. The highest BCUT2D eigenvalue weighted by molar-refractivity contribution is 5.85. The summed E-state index contributed by atoms with van der Waals surface area (Å²) in [5, 5.41) is 7.33. The lowest BCUT2D eigenvalue weighted by atomic mass is 10.2. The average Bonchev–Trinajstić information content (AvgIpc) is 2.92. The molecule has 1 aromatic heterocycles. The zero-order valence-corrected chi connectivity index (χ0v) is 15.3. The van der Waals surface area contributed by atoms with Crippen molar-refractivity contribution in [1.29, 1.82) is 0 Å². The molecule has 24 heavy (non-hydrogen) atoms. The van der Waals surface area contributed by atoms with E-state index in [1.165, 1.54) is 0 Å². The minimum atomic E-state index is -0.423. The summed E-state index contributed by atoms with van der Waals surface area (Å²) >= 11 is 0. The number of hydrogen-bond acceptors (Lipinski definition) is 4. The van der Waals surface area contributed by atoms with Gasteiger partial charge in [0.25, 0.3) is 0 Å². The van der Waals surface area contributed by atoms with E-state index >= 15 is 0 Å². The third-order valence-corrected chi connectivity index (χ3v) is 3.47. The van der Waals surface area contributed by atoms with Gasteiger partial charge in [0.15, 0.2) is 0 Å². The number of nitrogens with one attached hydrogen (secondary N) is 1. The Kier molecular flexibility index (Phi) is 10.1. The molecule has 0 bridgehead atoms. The van der Waals surface area contributed by atoms with Gasteiger partial charge in [-0.25, -0.2) is 4.68 Å². The Balaban J connectivity index is 0.00000264. The SMILES string of the molecule is CC[C@H](N)C(=O)NCCCc1cc(N)n(-c2ccccc2)n1.Cl.Cl. The number of rotatable bonds is 7. The van der Waals surface area contributed by atoms with Gasteiger partial charge in [-0.3, -0.25) is 4.79 Å². The first kappa shape index (κ1) is 22.2. The number of nitrogens with zero attached hydrogens (tertiary/aromatic N) is 2. The lowest BCUT2D eigenvalue weighted by molar-refractivity contribution is -0.122. The third kappa shape index (κ3) is 6.03. The molecular formula is C16H25Cl2N5O. The number of carbonyl (C=O) groups is 1. The fourth-order valence-corrected chi connectivity index (χ4v) is 2.14. The maximum absolute atomic E-state index is 11.6. The minimum Gasteiger partial charge on any atom is -0.384 e. The molecule has 8 heteroatoms. The maximum Gasteiger partial charge on any atom is 0.236 e. The standard InChI is InChI=1S/C16H23N5O.2ClH/c1-2-14(17)16(22)19-10-6-7-12-11-15(18)21(20-12)13-8-4-3-5-9-13;;/h3-5,8-9,11,14H,2,6-7,10,17-18H2,1H3,(H,19,22);2*1H/t14-;;/m0../s1. The van der Waals surface area contributed by atoms with E-state index in [1.54, 1.807) is 4.68 Å². The van der Waals surface area contributed by atoms with E-state index in [0.717, 1.165) is 24.2 Å². The molecule has 1 aromatic carbocycles. The number of aryl methyl sites for hydroxylation is 1. The molecule has 1 amide bonds. The Labute approximate surface area is 154 Å². The van der Waals surface area contributed by atoms with Crippen LogP contribution in [0.3, 0.4) is 0 Å². The fraction of sp³-hybridized carbons (Fsp3) is 0.375. The van der Waals surface area contributed by atoms with Crippen LogP contribution in [0.5, 0.6) is 0 Å². The van der Waals surface area contributed by atoms with Gasteiger partial charge < -0.3 is 16.8 Å². The number of carbonyl (C=O) groups excluding carboxylic acids is 1. The molecule has 0 saturated carbocycles. The van der Waals surface area contributed by atoms with Crippen molar-refractivity contribution in [2.75, 3.05) is 12.3 Å². The van der Waals surface area contributed by atoms with Crippen molar-refractivity contribution in [2.45, 2.75) is 32.2 Å². The summed E-state index contributed by atoms with van der Waals surface area (Å²) in [7, 11) is 0. The number of anilines is 1. The van der Waals surface area contributed by atoms with Crippen LogP contribution < -0.4 is 16.8 Å². The number of benzene rings is 1. The van der Waals surface area contributed by atoms with Crippen molar-refractivity contribution in [2.24, 2.45) is 5.73 Å². The predicted molar refractivity (Wildman–Crippen MR) is 102 cm³/mol. The van der Waals surface area contributed by atoms with Crippen LogP contribution in [-0.4, -0.2) is 28.3 Å². The average molecular weight is 374 g/mol. The monoisotopic (exact) mass is 373 g/mol. The number of nitrogen functional groups attached to an aromatic ring is 1. The summed E-state index contributed by atoms with van der Waals surface area (Å²) in [6, 6.07) is 11.2. The molecular weight excluding hydrogens is 349 g/mol. The molecule has 0 radical (unpaired) electrons. The molecule has 2 aromatic rings. The van der Waals surface area contributed by atoms with Crippen LogP contribution in [0.25, 0.3) is 5.69 Å². The summed E-state index contributed by atoms with van der Waals surface area (Å²) < 4.78 is 1.72. The van der Waals surface area contributed by atoms with E-state index in [1.807, 2.05) is 43.3 Å². The topological polar surface area (TPSA) is 99.0 Å². The maximum atomic E-state index is 11.6. The van der Waals surface area contributed by atoms with E-state index in [9.17, 15) is 4.79 Å². The van der Waals surface area contributed by atoms with Crippen LogP contribution in [0, 0.1) is 0 Å². The zero-order valence-electron chi connectivity index (χ0n) is 13.6. The van der Waals surface area contributed by atoms with Crippen molar-refractivity contribution >= 4 is 36.5 Å². The van der Waals surface area contributed by atoms with E-state index in [0.29, 0.717) is 18.8 Å². The second-order valence-electron chi connectivity index (χ2n) is 5.22. The zero-order chi connectivity index (χ0) is 15.9. The Hall–Kier alpha value is -1.76. The van der Waals surface area contributed by atoms with Crippen LogP contribution in [-0.2, 0) is 11.2 Å². The lowest BCUT2D eigenvalue weighted by Gasteiger charge is -2.09. The molecule has 5 N–H and O–H groups in total. The molecule has 0 spiro atoms. The molecule has 0 fully saturated rings. The highest BCUT2D eigenvalue weighted by atomic mass is 35.5. The van der Waals surface area contributed by atoms with Crippen LogP contribution in [0.15, 0.2) is 36.4 Å². The molecule has 1 heterocycles. The van der Waals surface area contributed by atoms with Gasteiger partial charge in [0.05, 0.1) is 17.4 Å². The summed E-state index contributed by atoms with van der Waals surface area (Å²) in [4.78, 5) is 11.6. The second kappa shape index (κ2) is 10.9. The fourth-order valence-electron chi connectivity index (χ4n) is 2.14.